The molecular formula is C59H74N6O9S2. The summed E-state index contributed by atoms with van der Waals surface area (Å²) in [6.07, 6.45) is 2.47. The van der Waals surface area contributed by atoms with Crippen LogP contribution in [0.3, 0.4) is 0 Å². The molecule has 406 valence electrons. The second kappa shape index (κ2) is 25.7. The van der Waals surface area contributed by atoms with E-state index in [1.807, 2.05) is 81.8 Å². The van der Waals surface area contributed by atoms with Crippen molar-refractivity contribution in [3.63, 3.8) is 0 Å². The Balaban J connectivity index is 0.990. The quantitative estimate of drug-likeness (QED) is 0.0325. The van der Waals surface area contributed by atoms with Gasteiger partial charge >= 0.3 is 0 Å². The van der Waals surface area contributed by atoms with E-state index in [0.29, 0.717) is 107 Å². The number of benzene rings is 5. The number of ether oxygens (including phenoxy) is 6. The van der Waals surface area contributed by atoms with E-state index in [9.17, 15) is 9.59 Å². The van der Waals surface area contributed by atoms with Crippen LogP contribution < -0.4 is 35.2 Å². The summed E-state index contributed by atoms with van der Waals surface area (Å²) in [5.74, 6) is 7.99. The lowest BCUT2D eigenvalue weighted by Gasteiger charge is -2.36. The van der Waals surface area contributed by atoms with Crippen molar-refractivity contribution in [2.75, 3.05) is 108 Å². The van der Waals surface area contributed by atoms with E-state index in [1.165, 1.54) is 22.3 Å². The van der Waals surface area contributed by atoms with E-state index in [2.05, 4.69) is 83.6 Å². The molecule has 4 heterocycles. The van der Waals surface area contributed by atoms with E-state index in [-0.39, 0.29) is 41.9 Å². The molecular weight excluding hydrogens is 1000 g/mol. The largest absolute Gasteiger partial charge is 0.493 e. The van der Waals surface area contributed by atoms with Crippen molar-refractivity contribution in [2.45, 2.75) is 83.2 Å². The number of nitrogens with one attached hydrogen (secondary N) is 1. The first-order valence-electron chi connectivity index (χ1n) is 26.4. The Kier molecular flexibility index (Phi) is 18.6. The molecule has 3 N–H and O–H groups in total. The molecule has 4 aliphatic heterocycles. The maximum Gasteiger partial charge on any atom is 0.256 e. The molecule has 4 aliphatic rings. The number of fused-ring (bicyclic) bond motifs is 6. The second-order valence-corrected chi connectivity index (χ2v) is 23.8. The van der Waals surface area contributed by atoms with E-state index in [1.54, 1.807) is 14.2 Å². The van der Waals surface area contributed by atoms with Gasteiger partial charge in [0.05, 0.1) is 81.3 Å². The highest BCUT2D eigenvalue weighted by molar-refractivity contribution is 8.77. The number of likely N-dealkylation sites (N-methyl/N-ethyl adjacent to an activating group) is 1. The van der Waals surface area contributed by atoms with Gasteiger partial charge in [0.25, 0.3) is 11.8 Å². The van der Waals surface area contributed by atoms with Crippen molar-refractivity contribution >= 4 is 50.5 Å². The zero-order valence-electron chi connectivity index (χ0n) is 44.9. The molecule has 2 amide bonds. The second-order valence-electron chi connectivity index (χ2n) is 20.7. The Hall–Kier alpha value is -5.66. The zero-order valence-corrected chi connectivity index (χ0v) is 46.5. The monoisotopic (exact) mass is 1070 g/mol. The maximum absolute atomic E-state index is 14.4. The predicted octanol–water partition coefficient (Wildman–Crippen LogP) is 9.10. The Morgan fingerprint density at radius 1 is 0.724 bits per heavy atom. The summed E-state index contributed by atoms with van der Waals surface area (Å²) in [4.78, 5) is 42.0. The van der Waals surface area contributed by atoms with Gasteiger partial charge in [0.15, 0.2) is 11.5 Å². The zero-order chi connectivity index (χ0) is 53.2. The number of methoxy groups -OCH3 is 2. The number of amides is 2. The summed E-state index contributed by atoms with van der Waals surface area (Å²) in [7, 11) is 8.99. The highest BCUT2D eigenvalue weighted by Crippen LogP contribution is 2.42. The molecule has 5 aromatic carbocycles. The standard InChI is InChI=1S/C59H74N6O9S2/c1-40-24-50-52(61-33-48-28-43-12-7-9-14-45(43)34-64(48)57(50)66)31-54(40)72-37-41-25-42(27-47(26-41)63(16-18-70-21-22-71-20-19-68-5)39-59(2,3)76-75-23-11-17-74-60)38-73-56-32-53-51(30-55(56)69-6)58(67)65-35-46-15-10-8-13-44(46)29-49(65)36-62(53)4/h7-10,12-15,24-27,30-32,48-49,61H,11,16-23,28-29,33-39,60H2,1-6H3/t48-,49?/m0/s1. The molecule has 0 aromatic heterocycles. The molecule has 9 rings (SSSR count). The Bertz CT molecular complexity index is 2820. The fraction of sp³-hybridized carbons (Fsp3) is 0.458. The third-order valence-corrected chi connectivity index (χ3v) is 17.9. The molecule has 17 heteroatoms. The average molecular weight is 1080 g/mol. The summed E-state index contributed by atoms with van der Waals surface area (Å²) in [5.41, 5.74) is 11.5. The molecule has 5 aromatic rings. The average Bonchev–Trinajstić information content (AvgIpc) is 3.64. The molecule has 15 nitrogen and oxygen atoms in total. The highest BCUT2D eigenvalue weighted by Gasteiger charge is 2.37. The van der Waals surface area contributed by atoms with Gasteiger partial charge in [-0.05, 0) is 109 Å². The summed E-state index contributed by atoms with van der Waals surface area (Å²) >= 11 is 0. The van der Waals surface area contributed by atoms with Crippen molar-refractivity contribution in [2.24, 2.45) is 5.90 Å². The van der Waals surface area contributed by atoms with Crippen LogP contribution in [0, 0.1) is 6.92 Å². The first kappa shape index (κ1) is 55.1. The molecule has 1 unspecified atom stereocenters. The minimum absolute atomic E-state index is 0.0123. The number of aryl methyl sites for hydroxylation is 1. The minimum atomic E-state index is -0.170. The molecule has 0 saturated heterocycles. The van der Waals surface area contributed by atoms with Crippen LogP contribution >= 0.6 is 21.6 Å². The maximum atomic E-state index is 14.4. The van der Waals surface area contributed by atoms with E-state index >= 15 is 0 Å². The molecule has 0 radical (unpaired) electrons. The topological polar surface area (TPSA) is 150 Å². The van der Waals surface area contributed by atoms with Gasteiger partial charge in [-0.3, -0.25) is 9.59 Å². The van der Waals surface area contributed by atoms with Gasteiger partial charge in [-0.25, -0.2) is 5.90 Å². The van der Waals surface area contributed by atoms with Gasteiger partial charge in [0, 0.05) is 81.7 Å². The molecule has 2 atom stereocenters. The summed E-state index contributed by atoms with van der Waals surface area (Å²) in [5, 5.41) is 3.62. The van der Waals surface area contributed by atoms with Crippen LogP contribution in [-0.4, -0.2) is 131 Å². The first-order chi connectivity index (χ1) is 36.9. The lowest BCUT2D eigenvalue weighted by Crippen LogP contribution is -2.47. The number of nitrogens with two attached hydrogens (primary N) is 1. The predicted molar refractivity (Wildman–Crippen MR) is 303 cm³/mol. The third-order valence-electron chi connectivity index (χ3n) is 14.6. The number of rotatable bonds is 25. The van der Waals surface area contributed by atoms with E-state index in [0.717, 1.165) is 58.8 Å². The van der Waals surface area contributed by atoms with Gasteiger partial charge in [-0.15, -0.1) is 0 Å². The SMILES string of the molecule is COCCOCCOCCN(CC(C)(C)SSCCCON)c1cc(COc2cc3c(cc2C)C(=O)N2Cc4ccccc4C[C@H]2CN3)cc(COc2cc3c(cc2OC)C(=O)N2Cc4ccccc4CC2CN3C)c1. The molecule has 0 saturated carbocycles. The summed E-state index contributed by atoms with van der Waals surface area (Å²) in [6.45, 7) is 13.8. The van der Waals surface area contributed by atoms with Gasteiger partial charge in [-0.1, -0.05) is 70.1 Å². The molecule has 0 spiro atoms. The number of hydrogen-bond donors (Lipinski definition) is 2. The summed E-state index contributed by atoms with van der Waals surface area (Å²) in [6, 6.07) is 31.1. The van der Waals surface area contributed by atoms with Gasteiger partial charge in [-0.2, -0.15) is 0 Å². The third kappa shape index (κ3) is 13.4. The van der Waals surface area contributed by atoms with Crippen LogP contribution in [0.4, 0.5) is 17.1 Å². The van der Waals surface area contributed by atoms with Crippen molar-refractivity contribution in [1.29, 1.82) is 0 Å². The Morgan fingerprint density at radius 2 is 1.36 bits per heavy atom. The van der Waals surface area contributed by atoms with Gasteiger partial charge in [0.1, 0.15) is 19.0 Å². The fourth-order valence-corrected chi connectivity index (χ4v) is 13.2. The molecule has 76 heavy (non-hydrogen) atoms. The lowest BCUT2D eigenvalue weighted by atomic mass is 9.93. The normalized spacial score (nSPS) is 16.8. The number of carbonyl (C=O) groups excluding carboxylic acids is 2. The smallest absolute Gasteiger partial charge is 0.256 e. The van der Waals surface area contributed by atoms with Crippen molar-refractivity contribution < 1.29 is 42.8 Å². The molecule has 0 aliphatic carbocycles. The van der Waals surface area contributed by atoms with Crippen molar-refractivity contribution in [1.82, 2.24) is 9.80 Å². The van der Waals surface area contributed by atoms with Gasteiger partial charge < -0.3 is 58.2 Å². The number of carbonyl (C=O) groups is 2. The fourth-order valence-electron chi connectivity index (χ4n) is 10.7. The number of nitrogens with zero attached hydrogens (tertiary/aromatic N) is 4. The van der Waals surface area contributed by atoms with E-state index < -0.39 is 0 Å². The van der Waals surface area contributed by atoms with Crippen molar-refractivity contribution in [3.05, 3.63) is 141 Å². The van der Waals surface area contributed by atoms with Crippen LogP contribution in [0.25, 0.3) is 0 Å². The highest BCUT2D eigenvalue weighted by atomic mass is 33.1. The summed E-state index contributed by atoms with van der Waals surface area (Å²) < 4.78 is 36.3. The van der Waals surface area contributed by atoms with Crippen LogP contribution in [0.15, 0.2) is 91.0 Å². The Labute approximate surface area is 456 Å². The van der Waals surface area contributed by atoms with E-state index in [4.69, 9.17) is 39.2 Å². The molecule has 0 bridgehead atoms. The number of hydrogen-bond acceptors (Lipinski definition) is 15. The first-order valence-corrected chi connectivity index (χ1v) is 28.7. The van der Waals surface area contributed by atoms with Crippen LogP contribution in [0.5, 0.6) is 17.2 Å². The minimum Gasteiger partial charge on any atom is -0.493 e. The number of anilines is 3. The lowest BCUT2D eigenvalue weighted by molar-refractivity contribution is 0.0264. The van der Waals surface area contributed by atoms with Crippen LogP contribution in [0.2, 0.25) is 0 Å². The molecule has 0 fully saturated rings. The van der Waals surface area contributed by atoms with Gasteiger partial charge in [0.2, 0.25) is 0 Å². The van der Waals surface area contributed by atoms with Crippen LogP contribution in [-0.2, 0) is 58.2 Å². The Morgan fingerprint density at radius 3 is 2.04 bits per heavy atom. The van der Waals surface area contributed by atoms with Crippen molar-refractivity contribution in [3.8, 4) is 17.2 Å². The van der Waals surface area contributed by atoms with Crippen LogP contribution in [0.1, 0.15) is 79.9 Å².